The number of carboxylic acids is 1. The number of amides is 2. The van der Waals surface area contributed by atoms with Crippen LogP contribution in [0.2, 0.25) is 0 Å². The molecule has 0 unspecified atom stereocenters. The second-order valence-electron chi connectivity index (χ2n) is 5.05. The van der Waals surface area contributed by atoms with Crippen LogP contribution < -0.4 is 10.6 Å². The van der Waals surface area contributed by atoms with Crippen molar-refractivity contribution < 1.29 is 14.7 Å². The van der Waals surface area contributed by atoms with Gasteiger partial charge in [0.15, 0.2) is 0 Å². The number of aromatic nitrogens is 2. The monoisotopic (exact) mass is 266 g/mol. The van der Waals surface area contributed by atoms with Crippen molar-refractivity contribution in [2.24, 2.45) is 12.5 Å². The normalized spacial score (nSPS) is 16.5. The molecular weight excluding hydrogens is 248 g/mol. The van der Waals surface area contributed by atoms with Crippen molar-refractivity contribution in [3.8, 4) is 0 Å². The van der Waals surface area contributed by atoms with E-state index in [4.69, 9.17) is 5.11 Å². The van der Waals surface area contributed by atoms with E-state index in [1.807, 2.05) is 0 Å². The van der Waals surface area contributed by atoms with Gasteiger partial charge in [0.2, 0.25) is 0 Å². The fourth-order valence-electron chi connectivity index (χ4n) is 2.21. The molecule has 1 saturated carbocycles. The van der Waals surface area contributed by atoms with E-state index in [0.29, 0.717) is 24.2 Å². The van der Waals surface area contributed by atoms with Gasteiger partial charge in [-0.15, -0.1) is 0 Å². The van der Waals surface area contributed by atoms with E-state index in [1.54, 1.807) is 24.9 Å². The first-order chi connectivity index (χ1) is 8.93. The van der Waals surface area contributed by atoms with E-state index in [2.05, 4.69) is 15.7 Å². The van der Waals surface area contributed by atoms with E-state index in [0.717, 1.165) is 6.42 Å². The van der Waals surface area contributed by atoms with Gasteiger partial charge in [-0.3, -0.25) is 9.48 Å². The smallest absolute Gasteiger partial charge is 0.319 e. The predicted octanol–water partition coefficient (Wildman–Crippen LogP) is 1.10. The minimum atomic E-state index is -0.836. The van der Waals surface area contributed by atoms with E-state index in [-0.39, 0.29) is 6.54 Å². The molecule has 1 heterocycles. The number of nitrogens with one attached hydrogen (secondary N) is 2. The van der Waals surface area contributed by atoms with Gasteiger partial charge in [0.1, 0.15) is 0 Å². The van der Waals surface area contributed by atoms with Crippen molar-refractivity contribution in [3.05, 3.63) is 11.9 Å². The van der Waals surface area contributed by atoms with Crippen molar-refractivity contribution in [1.29, 1.82) is 0 Å². The van der Waals surface area contributed by atoms with E-state index >= 15 is 0 Å². The Labute approximate surface area is 111 Å². The molecule has 104 valence electrons. The van der Waals surface area contributed by atoms with Gasteiger partial charge in [-0.25, -0.2) is 4.79 Å². The zero-order valence-corrected chi connectivity index (χ0v) is 11.1. The molecule has 1 aromatic rings. The topological polar surface area (TPSA) is 96.3 Å². The Morgan fingerprint density at radius 2 is 2.21 bits per heavy atom. The Balaban J connectivity index is 1.88. The summed E-state index contributed by atoms with van der Waals surface area (Å²) in [6.07, 6.45) is 3.84. The van der Waals surface area contributed by atoms with Crippen LogP contribution in [0.15, 0.2) is 6.20 Å². The number of nitrogens with zero attached hydrogens (tertiary/aromatic N) is 2. The summed E-state index contributed by atoms with van der Waals surface area (Å²) < 4.78 is 1.61. The summed E-state index contributed by atoms with van der Waals surface area (Å²) in [5.74, 6) is -0.836. The van der Waals surface area contributed by atoms with Gasteiger partial charge >= 0.3 is 12.0 Å². The highest BCUT2D eigenvalue weighted by Gasteiger charge is 2.44. The predicted molar refractivity (Wildman–Crippen MR) is 68.9 cm³/mol. The Bertz CT molecular complexity index is 505. The van der Waals surface area contributed by atoms with Crippen molar-refractivity contribution in [2.45, 2.75) is 26.2 Å². The Hall–Kier alpha value is -2.05. The summed E-state index contributed by atoms with van der Waals surface area (Å²) >= 11 is 0. The molecule has 3 N–H and O–H groups in total. The number of hydrogen-bond acceptors (Lipinski definition) is 3. The first kappa shape index (κ1) is 13.4. The summed E-state index contributed by atoms with van der Waals surface area (Å²) in [4.78, 5) is 22.9. The lowest BCUT2D eigenvalue weighted by molar-refractivity contribution is -0.153. The Morgan fingerprint density at radius 3 is 2.63 bits per heavy atom. The molecule has 0 atom stereocenters. The molecule has 2 rings (SSSR count). The molecule has 0 spiro atoms. The number of urea groups is 1. The highest BCUT2D eigenvalue weighted by molar-refractivity contribution is 5.90. The average molecular weight is 266 g/mol. The number of carbonyl (C=O) groups excluding carboxylic acids is 1. The molecule has 1 aromatic heterocycles. The molecule has 0 aromatic carbocycles. The molecule has 0 saturated heterocycles. The van der Waals surface area contributed by atoms with Crippen molar-refractivity contribution in [1.82, 2.24) is 15.1 Å². The highest BCUT2D eigenvalue weighted by atomic mass is 16.4. The molecule has 0 bridgehead atoms. The second kappa shape index (κ2) is 4.91. The number of anilines is 1. The summed E-state index contributed by atoms with van der Waals surface area (Å²) in [7, 11) is 1.77. The zero-order valence-electron chi connectivity index (χ0n) is 11.1. The van der Waals surface area contributed by atoms with Crippen LogP contribution in [0.5, 0.6) is 0 Å². The van der Waals surface area contributed by atoms with E-state index < -0.39 is 17.4 Å². The quantitative estimate of drug-likeness (QED) is 0.760. The van der Waals surface area contributed by atoms with Gasteiger partial charge in [0.05, 0.1) is 16.8 Å². The van der Waals surface area contributed by atoms with Crippen LogP contribution in [0.1, 0.15) is 25.0 Å². The molecule has 1 aliphatic carbocycles. The lowest BCUT2D eigenvalue weighted by Crippen LogP contribution is -2.48. The minimum Gasteiger partial charge on any atom is -0.481 e. The first-order valence-corrected chi connectivity index (χ1v) is 6.21. The molecular formula is C12H18N4O3. The number of carbonyl (C=O) groups is 2. The van der Waals surface area contributed by atoms with Crippen molar-refractivity contribution >= 4 is 17.7 Å². The molecule has 7 nitrogen and oxygen atoms in total. The van der Waals surface area contributed by atoms with Crippen LogP contribution in [-0.2, 0) is 11.8 Å². The lowest BCUT2D eigenvalue weighted by Gasteiger charge is -2.37. The molecule has 0 aliphatic heterocycles. The maximum Gasteiger partial charge on any atom is 0.319 e. The van der Waals surface area contributed by atoms with Gasteiger partial charge in [-0.1, -0.05) is 6.42 Å². The molecule has 1 fully saturated rings. The van der Waals surface area contributed by atoms with E-state index in [9.17, 15) is 9.59 Å². The molecule has 1 aliphatic rings. The number of rotatable bonds is 4. The third-order valence-electron chi connectivity index (χ3n) is 3.61. The summed E-state index contributed by atoms with van der Waals surface area (Å²) in [5.41, 5.74) is 0.564. The van der Waals surface area contributed by atoms with Gasteiger partial charge in [-0.05, 0) is 19.8 Å². The van der Waals surface area contributed by atoms with Crippen LogP contribution in [0, 0.1) is 12.3 Å². The lowest BCUT2D eigenvalue weighted by atomic mass is 9.69. The van der Waals surface area contributed by atoms with Gasteiger partial charge in [-0.2, -0.15) is 5.10 Å². The fourth-order valence-corrected chi connectivity index (χ4v) is 2.21. The number of carboxylic acid groups (broad SMARTS) is 1. The van der Waals surface area contributed by atoms with Gasteiger partial charge < -0.3 is 15.7 Å². The second-order valence-corrected chi connectivity index (χ2v) is 5.05. The third-order valence-corrected chi connectivity index (χ3v) is 3.61. The van der Waals surface area contributed by atoms with Crippen LogP contribution in [0.4, 0.5) is 10.5 Å². The molecule has 2 amide bonds. The largest absolute Gasteiger partial charge is 0.481 e. The Kier molecular flexibility index (Phi) is 3.46. The Morgan fingerprint density at radius 1 is 1.53 bits per heavy atom. The average Bonchev–Trinajstić information content (AvgIpc) is 2.55. The van der Waals surface area contributed by atoms with Gasteiger partial charge in [0.25, 0.3) is 0 Å². The first-order valence-electron chi connectivity index (χ1n) is 6.21. The van der Waals surface area contributed by atoms with Crippen molar-refractivity contribution in [3.63, 3.8) is 0 Å². The van der Waals surface area contributed by atoms with Crippen LogP contribution >= 0.6 is 0 Å². The summed E-state index contributed by atoms with van der Waals surface area (Å²) in [6.45, 7) is 1.95. The highest BCUT2D eigenvalue weighted by Crippen LogP contribution is 2.40. The van der Waals surface area contributed by atoms with Crippen LogP contribution in [0.3, 0.4) is 0 Å². The van der Waals surface area contributed by atoms with Crippen molar-refractivity contribution in [2.75, 3.05) is 11.9 Å². The number of hydrogen-bond donors (Lipinski definition) is 3. The number of aryl methyl sites for hydroxylation is 2. The summed E-state index contributed by atoms with van der Waals surface area (Å²) in [5, 5.41) is 18.5. The van der Waals surface area contributed by atoms with Gasteiger partial charge in [0, 0.05) is 19.8 Å². The molecule has 7 heteroatoms. The third kappa shape index (κ3) is 2.69. The maximum absolute atomic E-state index is 11.7. The minimum absolute atomic E-state index is 0.160. The van der Waals surface area contributed by atoms with Crippen LogP contribution in [-0.4, -0.2) is 33.4 Å². The molecule has 0 radical (unpaired) electrons. The fraction of sp³-hybridized carbons (Fsp3) is 0.583. The maximum atomic E-state index is 11.7. The van der Waals surface area contributed by atoms with Crippen LogP contribution in [0.25, 0.3) is 0 Å². The zero-order chi connectivity index (χ0) is 14.0. The molecule has 19 heavy (non-hydrogen) atoms. The number of aliphatic carboxylic acids is 1. The van der Waals surface area contributed by atoms with E-state index in [1.165, 1.54) is 0 Å². The summed E-state index contributed by atoms with van der Waals surface area (Å²) in [6, 6.07) is -0.399. The standard InChI is InChI=1S/C12H18N4O3/c1-8-9(6-16(2)15-8)14-11(19)13-7-12(10(17)18)4-3-5-12/h6H,3-5,7H2,1-2H3,(H,17,18)(H2,13,14,19). The SMILES string of the molecule is Cc1nn(C)cc1NC(=O)NCC1(C(=O)O)CCC1.